The summed E-state index contributed by atoms with van der Waals surface area (Å²) in [6.45, 7) is 4.20. The van der Waals surface area contributed by atoms with Crippen LogP contribution in [-0.4, -0.2) is 18.5 Å². The van der Waals surface area contributed by atoms with Gasteiger partial charge in [0.1, 0.15) is 5.82 Å². The van der Waals surface area contributed by atoms with Crippen LogP contribution in [0, 0.1) is 5.82 Å². The van der Waals surface area contributed by atoms with Gasteiger partial charge in [0, 0.05) is 12.6 Å². The standard InChI is InChI=1S/C13H19FN2O.ClH/c1-9(15)6-7-16-13(17)10(2)11-4-3-5-12(14)8-11;/h3-5,8-10H,6-7,15H2,1-2H3,(H,16,17);1H. The number of amides is 1. The zero-order chi connectivity index (χ0) is 12.8. The molecular formula is C13H20ClFN2O. The summed E-state index contributed by atoms with van der Waals surface area (Å²) in [5.74, 6) is -0.771. The molecule has 0 fully saturated rings. The van der Waals surface area contributed by atoms with Crippen LogP contribution in [0.4, 0.5) is 4.39 Å². The molecule has 0 heterocycles. The number of carbonyl (C=O) groups excluding carboxylic acids is 1. The molecule has 0 saturated carbocycles. The molecule has 3 nitrogen and oxygen atoms in total. The van der Waals surface area contributed by atoms with Crippen LogP contribution in [-0.2, 0) is 4.79 Å². The van der Waals surface area contributed by atoms with Crippen molar-refractivity contribution in [1.29, 1.82) is 0 Å². The fraction of sp³-hybridized carbons (Fsp3) is 0.462. The molecule has 0 aliphatic heterocycles. The highest BCUT2D eigenvalue weighted by atomic mass is 35.5. The minimum Gasteiger partial charge on any atom is -0.356 e. The molecule has 0 aromatic heterocycles. The van der Waals surface area contributed by atoms with Gasteiger partial charge in [-0.05, 0) is 38.0 Å². The molecule has 5 heteroatoms. The zero-order valence-electron chi connectivity index (χ0n) is 10.7. The number of rotatable bonds is 5. The van der Waals surface area contributed by atoms with E-state index in [1.54, 1.807) is 19.1 Å². The summed E-state index contributed by atoms with van der Waals surface area (Å²) >= 11 is 0. The maximum Gasteiger partial charge on any atom is 0.227 e. The molecule has 1 amide bonds. The Morgan fingerprint density at radius 3 is 2.67 bits per heavy atom. The van der Waals surface area contributed by atoms with Crippen molar-refractivity contribution in [2.75, 3.05) is 6.54 Å². The van der Waals surface area contributed by atoms with Gasteiger partial charge < -0.3 is 11.1 Å². The van der Waals surface area contributed by atoms with E-state index < -0.39 is 0 Å². The Hall–Kier alpha value is -1.13. The lowest BCUT2D eigenvalue weighted by Gasteiger charge is -2.13. The second-order valence-electron chi connectivity index (χ2n) is 4.33. The highest BCUT2D eigenvalue weighted by Crippen LogP contribution is 2.16. The fourth-order valence-corrected chi connectivity index (χ4v) is 1.50. The third-order valence-electron chi connectivity index (χ3n) is 2.64. The van der Waals surface area contributed by atoms with E-state index in [1.165, 1.54) is 12.1 Å². The fourth-order valence-electron chi connectivity index (χ4n) is 1.50. The normalized spacial score (nSPS) is 13.3. The number of carbonyl (C=O) groups is 1. The van der Waals surface area contributed by atoms with Crippen molar-refractivity contribution in [1.82, 2.24) is 5.32 Å². The van der Waals surface area contributed by atoms with E-state index in [-0.39, 0.29) is 36.1 Å². The average molecular weight is 275 g/mol. The minimum absolute atomic E-state index is 0. The molecule has 0 aliphatic rings. The number of halogens is 2. The van der Waals surface area contributed by atoms with Gasteiger partial charge >= 0.3 is 0 Å². The smallest absolute Gasteiger partial charge is 0.227 e. The van der Waals surface area contributed by atoms with E-state index >= 15 is 0 Å². The minimum atomic E-state index is -0.348. The molecule has 18 heavy (non-hydrogen) atoms. The van der Waals surface area contributed by atoms with Gasteiger partial charge in [-0.2, -0.15) is 0 Å². The number of nitrogens with one attached hydrogen (secondary N) is 1. The summed E-state index contributed by atoms with van der Waals surface area (Å²) in [4.78, 5) is 11.8. The van der Waals surface area contributed by atoms with Crippen LogP contribution >= 0.6 is 12.4 Å². The van der Waals surface area contributed by atoms with Gasteiger partial charge in [-0.1, -0.05) is 12.1 Å². The lowest BCUT2D eigenvalue weighted by molar-refractivity contribution is -0.122. The van der Waals surface area contributed by atoms with Crippen molar-refractivity contribution >= 4 is 18.3 Å². The number of benzene rings is 1. The van der Waals surface area contributed by atoms with E-state index in [0.29, 0.717) is 12.1 Å². The van der Waals surface area contributed by atoms with Crippen molar-refractivity contribution < 1.29 is 9.18 Å². The maximum atomic E-state index is 13.0. The molecule has 102 valence electrons. The van der Waals surface area contributed by atoms with Gasteiger partial charge in [-0.3, -0.25) is 4.79 Å². The van der Waals surface area contributed by atoms with Crippen molar-refractivity contribution in [3.05, 3.63) is 35.6 Å². The lowest BCUT2D eigenvalue weighted by Crippen LogP contribution is -2.31. The molecule has 0 spiro atoms. The van der Waals surface area contributed by atoms with Gasteiger partial charge in [-0.25, -0.2) is 4.39 Å². The van der Waals surface area contributed by atoms with Crippen LogP contribution in [0.25, 0.3) is 0 Å². The molecule has 0 bridgehead atoms. The Kier molecular flexibility index (Phi) is 7.55. The molecule has 0 saturated heterocycles. The second kappa shape index (κ2) is 8.06. The van der Waals surface area contributed by atoms with Crippen LogP contribution in [0.5, 0.6) is 0 Å². The van der Waals surface area contributed by atoms with Crippen molar-refractivity contribution in [2.24, 2.45) is 5.73 Å². The third kappa shape index (κ3) is 5.47. The molecule has 0 aliphatic carbocycles. The molecule has 2 atom stereocenters. The molecule has 2 unspecified atom stereocenters. The predicted octanol–water partition coefficient (Wildman–Crippen LogP) is 2.20. The largest absolute Gasteiger partial charge is 0.356 e. The summed E-state index contributed by atoms with van der Waals surface area (Å²) in [6, 6.07) is 6.18. The number of hydrogen-bond donors (Lipinski definition) is 2. The van der Waals surface area contributed by atoms with Gasteiger partial charge in [0.15, 0.2) is 0 Å². The SMILES string of the molecule is CC(N)CCNC(=O)C(C)c1cccc(F)c1.Cl. The van der Waals surface area contributed by atoms with Crippen LogP contribution < -0.4 is 11.1 Å². The molecule has 0 radical (unpaired) electrons. The zero-order valence-corrected chi connectivity index (χ0v) is 11.5. The van der Waals surface area contributed by atoms with Crippen LogP contribution in [0.2, 0.25) is 0 Å². The van der Waals surface area contributed by atoms with Gasteiger partial charge in [-0.15, -0.1) is 12.4 Å². The van der Waals surface area contributed by atoms with Crippen LogP contribution in [0.1, 0.15) is 31.7 Å². The number of nitrogens with two attached hydrogens (primary N) is 1. The van der Waals surface area contributed by atoms with Gasteiger partial charge in [0.25, 0.3) is 0 Å². The quantitative estimate of drug-likeness (QED) is 0.865. The van der Waals surface area contributed by atoms with E-state index in [2.05, 4.69) is 5.32 Å². The Bertz CT molecular complexity index is 385. The Labute approximate surface area is 113 Å². The van der Waals surface area contributed by atoms with Crippen molar-refractivity contribution in [3.63, 3.8) is 0 Å². The Morgan fingerprint density at radius 1 is 1.44 bits per heavy atom. The second-order valence-corrected chi connectivity index (χ2v) is 4.33. The maximum absolute atomic E-state index is 13.0. The summed E-state index contributed by atoms with van der Waals surface area (Å²) in [5.41, 5.74) is 6.27. The molecule has 1 rings (SSSR count). The van der Waals surface area contributed by atoms with E-state index in [1.807, 2.05) is 6.92 Å². The Balaban J connectivity index is 0.00000289. The highest BCUT2D eigenvalue weighted by molar-refractivity contribution is 5.85. The summed E-state index contributed by atoms with van der Waals surface area (Å²) < 4.78 is 13.0. The van der Waals surface area contributed by atoms with E-state index in [9.17, 15) is 9.18 Å². The third-order valence-corrected chi connectivity index (χ3v) is 2.64. The highest BCUT2D eigenvalue weighted by Gasteiger charge is 2.15. The first-order valence-corrected chi connectivity index (χ1v) is 5.79. The van der Waals surface area contributed by atoms with Crippen LogP contribution in [0.3, 0.4) is 0 Å². The molecule has 1 aromatic carbocycles. The molecule has 1 aromatic rings. The van der Waals surface area contributed by atoms with E-state index in [4.69, 9.17) is 5.73 Å². The first-order valence-electron chi connectivity index (χ1n) is 5.79. The van der Waals surface area contributed by atoms with Crippen molar-refractivity contribution in [2.45, 2.75) is 32.2 Å². The van der Waals surface area contributed by atoms with Crippen molar-refractivity contribution in [3.8, 4) is 0 Å². The monoisotopic (exact) mass is 274 g/mol. The first-order chi connectivity index (χ1) is 8.00. The summed E-state index contributed by atoms with van der Waals surface area (Å²) in [5, 5.41) is 2.79. The van der Waals surface area contributed by atoms with E-state index in [0.717, 1.165) is 6.42 Å². The summed E-state index contributed by atoms with van der Waals surface area (Å²) in [6.07, 6.45) is 0.738. The predicted molar refractivity (Wildman–Crippen MR) is 73.3 cm³/mol. The lowest BCUT2D eigenvalue weighted by atomic mass is 10.0. The van der Waals surface area contributed by atoms with Gasteiger partial charge in [0.05, 0.1) is 5.92 Å². The summed E-state index contributed by atoms with van der Waals surface area (Å²) in [7, 11) is 0. The molecule has 3 N–H and O–H groups in total. The molecular weight excluding hydrogens is 255 g/mol. The number of hydrogen-bond acceptors (Lipinski definition) is 2. The topological polar surface area (TPSA) is 55.1 Å². The average Bonchev–Trinajstić information content (AvgIpc) is 2.27. The van der Waals surface area contributed by atoms with Gasteiger partial charge in [0.2, 0.25) is 5.91 Å². The van der Waals surface area contributed by atoms with Crippen LogP contribution in [0.15, 0.2) is 24.3 Å². The Morgan fingerprint density at radius 2 is 2.11 bits per heavy atom. The first kappa shape index (κ1) is 16.9.